The van der Waals surface area contributed by atoms with Gasteiger partial charge in [0.15, 0.2) is 0 Å². The van der Waals surface area contributed by atoms with E-state index in [1.165, 1.54) is 122 Å². The molecule has 0 amide bonds. The molecule has 0 saturated carbocycles. The van der Waals surface area contributed by atoms with Gasteiger partial charge in [0.05, 0.1) is 5.41 Å². The normalized spacial score (nSPS) is 14.8. The Morgan fingerprint density at radius 1 is 0.286 bits per heavy atom. The lowest BCUT2D eigenvalue weighted by atomic mass is 9.70. The predicted molar refractivity (Wildman–Crippen MR) is 324 cm³/mol. The van der Waals surface area contributed by atoms with E-state index >= 15 is 0 Å². The third-order valence-corrected chi connectivity index (χ3v) is 17.3. The third kappa shape index (κ3) is 6.67. The van der Waals surface area contributed by atoms with Crippen LogP contribution in [0.25, 0.3) is 94.7 Å². The number of rotatable bonds is 8. The van der Waals surface area contributed by atoms with Crippen molar-refractivity contribution < 1.29 is 0 Å². The Labute approximate surface area is 451 Å². The van der Waals surface area contributed by atoms with Crippen LogP contribution in [-0.4, -0.2) is 0 Å². The molecule has 0 aromatic heterocycles. The largest absolute Gasteiger partial charge is 0.310 e. The Kier molecular flexibility index (Phi) is 10.1. The SMILES string of the molecule is C=Cc1ccccc1-c1ccc2c(c1)C1(c3ccccc3-2)c2ccccc2-c2ccc(-c3ccc(-c4ccc(N(c5ccc(-c6ccccc6)cc5)c5ccc6c(c5)C(C)(C)c5ccccc5-6)cc4)c4ccccc34)cc21. The molecule has 1 spiro atoms. The summed E-state index contributed by atoms with van der Waals surface area (Å²) in [4.78, 5) is 2.42. The molecule has 0 aliphatic heterocycles. The molecule has 0 radical (unpaired) electrons. The summed E-state index contributed by atoms with van der Waals surface area (Å²) in [5.74, 6) is 0. The average molecular weight is 980 g/mol. The smallest absolute Gasteiger partial charge is 0.0725 e. The second kappa shape index (κ2) is 17.2. The summed E-state index contributed by atoms with van der Waals surface area (Å²) in [5.41, 5.74) is 29.4. The number of hydrogen-bond donors (Lipinski definition) is 0. The molecular weight excluding hydrogens is 927 g/mol. The van der Waals surface area contributed by atoms with Crippen LogP contribution >= 0.6 is 0 Å². The quantitative estimate of drug-likeness (QED) is 0.147. The molecule has 0 N–H and O–H groups in total. The molecule has 1 nitrogen and oxygen atoms in total. The minimum atomic E-state index is -0.497. The fraction of sp³-hybridized carbons (Fsp3) is 0.0526. The summed E-state index contributed by atoms with van der Waals surface area (Å²) in [5, 5.41) is 2.46. The van der Waals surface area contributed by atoms with E-state index in [1.807, 2.05) is 6.08 Å². The lowest BCUT2D eigenvalue weighted by Crippen LogP contribution is -2.26. The van der Waals surface area contributed by atoms with Gasteiger partial charge < -0.3 is 4.90 Å². The molecule has 1 unspecified atom stereocenters. The van der Waals surface area contributed by atoms with Gasteiger partial charge in [0, 0.05) is 22.5 Å². The highest BCUT2D eigenvalue weighted by molar-refractivity contribution is 6.06. The molecule has 0 bridgehead atoms. The minimum absolute atomic E-state index is 0.121. The van der Waals surface area contributed by atoms with Gasteiger partial charge in [-0.1, -0.05) is 245 Å². The fourth-order valence-corrected chi connectivity index (χ4v) is 13.7. The maximum Gasteiger partial charge on any atom is 0.0725 e. The first-order chi connectivity index (χ1) is 37.9. The Bertz CT molecular complexity index is 4350. The van der Waals surface area contributed by atoms with Gasteiger partial charge in [-0.15, -0.1) is 0 Å². The van der Waals surface area contributed by atoms with E-state index in [2.05, 4.69) is 292 Å². The fourth-order valence-electron chi connectivity index (χ4n) is 13.7. The Hall–Kier alpha value is -9.56. The topological polar surface area (TPSA) is 3.24 Å². The van der Waals surface area contributed by atoms with Crippen molar-refractivity contribution in [3.63, 3.8) is 0 Å². The number of benzene rings is 12. The van der Waals surface area contributed by atoms with Crippen LogP contribution in [-0.2, 0) is 10.8 Å². The first-order valence-corrected chi connectivity index (χ1v) is 26.9. The van der Waals surface area contributed by atoms with Gasteiger partial charge in [-0.05, 0) is 176 Å². The van der Waals surface area contributed by atoms with E-state index in [0.29, 0.717) is 0 Å². The zero-order chi connectivity index (χ0) is 51.4. The minimum Gasteiger partial charge on any atom is -0.310 e. The summed E-state index contributed by atoms with van der Waals surface area (Å²) in [6, 6.07) is 99.7. The van der Waals surface area contributed by atoms with Crippen molar-refractivity contribution in [2.75, 3.05) is 4.90 Å². The van der Waals surface area contributed by atoms with Crippen LogP contribution < -0.4 is 4.90 Å². The summed E-state index contributed by atoms with van der Waals surface area (Å²) in [7, 11) is 0. The third-order valence-electron chi connectivity index (χ3n) is 17.3. The van der Waals surface area contributed by atoms with Crippen molar-refractivity contribution in [2.24, 2.45) is 0 Å². The van der Waals surface area contributed by atoms with Gasteiger partial charge >= 0.3 is 0 Å². The van der Waals surface area contributed by atoms with Crippen molar-refractivity contribution >= 4 is 33.9 Å². The maximum absolute atomic E-state index is 4.19. The van der Waals surface area contributed by atoms with Crippen LogP contribution in [0.2, 0.25) is 0 Å². The maximum atomic E-state index is 4.19. The average Bonchev–Trinajstić information content (AvgIpc) is 4.08. The molecule has 3 aliphatic rings. The molecular formula is C76H53N. The van der Waals surface area contributed by atoms with Crippen LogP contribution in [0.4, 0.5) is 17.1 Å². The molecule has 0 saturated heterocycles. The molecule has 1 heteroatoms. The first kappa shape index (κ1) is 44.9. The van der Waals surface area contributed by atoms with Crippen LogP contribution in [0.1, 0.15) is 52.8 Å². The number of hydrogen-bond acceptors (Lipinski definition) is 1. The van der Waals surface area contributed by atoms with Gasteiger partial charge in [-0.25, -0.2) is 0 Å². The number of anilines is 3. The van der Waals surface area contributed by atoms with Crippen LogP contribution in [0, 0.1) is 0 Å². The highest BCUT2D eigenvalue weighted by Crippen LogP contribution is 2.64. The highest BCUT2D eigenvalue weighted by atomic mass is 15.1. The summed E-state index contributed by atoms with van der Waals surface area (Å²) < 4.78 is 0. The molecule has 12 aromatic carbocycles. The van der Waals surface area contributed by atoms with Crippen LogP contribution in [0.3, 0.4) is 0 Å². The van der Waals surface area contributed by atoms with Gasteiger partial charge in [0.25, 0.3) is 0 Å². The molecule has 15 rings (SSSR count). The Balaban J connectivity index is 0.841. The van der Waals surface area contributed by atoms with Crippen LogP contribution in [0.5, 0.6) is 0 Å². The van der Waals surface area contributed by atoms with E-state index in [-0.39, 0.29) is 5.41 Å². The second-order valence-corrected chi connectivity index (χ2v) is 21.6. The van der Waals surface area contributed by atoms with Gasteiger partial charge in [-0.2, -0.15) is 0 Å². The molecule has 0 fully saturated rings. The molecule has 12 aromatic rings. The van der Waals surface area contributed by atoms with Crippen molar-refractivity contribution in [3.8, 4) is 77.9 Å². The van der Waals surface area contributed by atoms with Crippen molar-refractivity contribution in [1.82, 2.24) is 0 Å². The Morgan fingerprint density at radius 2 is 0.675 bits per heavy atom. The van der Waals surface area contributed by atoms with E-state index < -0.39 is 5.41 Å². The molecule has 3 aliphatic carbocycles. The van der Waals surface area contributed by atoms with Crippen molar-refractivity contribution in [2.45, 2.75) is 24.7 Å². The molecule has 1 atom stereocenters. The van der Waals surface area contributed by atoms with Crippen LogP contribution in [0.15, 0.2) is 273 Å². The van der Waals surface area contributed by atoms with Crippen molar-refractivity contribution in [3.05, 3.63) is 312 Å². The van der Waals surface area contributed by atoms with Gasteiger partial charge in [0.1, 0.15) is 0 Å². The van der Waals surface area contributed by atoms with E-state index in [1.54, 1.807) is 0 Å². The standard InChI is InChI=1S/C76H53N/c1-4-49-18-8-9-21-58(49)53-34-41-67-64-25-13-16-28-70(64)76(73(67)46-53)71-29-17-14-26-65(71)68-42-35-54(47-74(68)76)60-45-44-59(61-22-10-11-23-62(60)61)52-32-38-56(39-33-52)77(55-36-30-51(31-37-55)50-19-6-5-7-20-50)57-40-43-66-63-24-12-15-27-69(63)75(2,3)72(66)48-57/h4-48H,1H2,2-3H3. The van der Waals surface area contributed by atoms with E-state index in [9.17, 15) is 0 Å². The summed E-state index contributed by atoms with van der Waals surface area (Å²) >= 11 is 0. The van der Waals surface area contributed by atoms with E-state index in [0.717, 1.165) is 22.6 Å². The lowest BCUT2D eigenvalue weighted by molar-refractivity contribution is 0.660. The van der Waals surface area contributed by atoms with Crippen molar-refractivity contribution in [1.29, 1.82) is 0 Å². The van der Waals surface area contributed by atoms with E-state index in [4.69, 9.17) is 0 Å². The highest BCUT2D eigenvalue weighted by Gasteiger charge is 2.52. The summed E-state index contributed by atoms with van der Waals surface area (Å²) in [6.45, 7) is 8.91. The summed E-state index contributed by atoms with van der Waals surface area (Å²) in [6.07, 6.45) is 1.97. The predicted octanol–water partition coefficient (Wildman–Crippen LogP) is 20.3. The van der Waals surface area contributed by atoms with Gasteiger partial charge in [0.2, 0.25) is 0 Å². The Morgan fingerprint density at radius 3 is 1.27 bits per heavy atom. The lowest BCUT2D eigenvalue weighted by Gasteiger charge is -2.31. The first-order valence-electron chi connectivity index (χ1n) is 26.9. The zero-order valence-corrected chi connectivity index (χ0v) is 43.1. The molecule has 362 valence electrons. The van der Waals surface area contributed by atoms with Gasteiger partial charge in [-0.3, -0.25) is 0 Å². The molecule has 0 heterocycles. The number of fused-ring (bicyclic) bond motifs is 14. The number of nitrogens with zero attached hydrogens (tertiary/aromatic N) is 1. The monoisotopic (exact) mass is 979 g/mol. The molecule has 77 heavy (non-hydrogen) atoms. The second-order valence-electron chi connectivity index (χ2n) is 21.6. The zero-order valence-electron chi connectivity index (χ0n) is 43.1.